The summed E-state index contributed by atoms with van der Waals surface area (Å²) in [6.07, 6.45) is 2.01. The number of rotatable bonds is 6. The van der Waals surface area contributed by atoms with Gasteiger partial charge in [-0.1, -0.05) is 140 Å². The summed E-state index contributed by atoms with van der Waals surface area (Å²) in [5.74, 6) is 0. The molecule has 0 N–H and O–H groups in total. The number of nitrogens with zero attached hydrogens (tertiary/aromatic N) is 4. The number of benzene rings is 8. The Labute approximate surface area is 331 Å². The predicted octanol–water partition coefficient (Wildman–Crippen LogP) is 13.0. The first-order chi connectivity index (χ1) is 28.2. The van der Waals surface area contributed by atoms with Crippen molar-refractivity contribution >= 4 is 55.0 Å². The molecule has 0 aliphatic carbocycles. The first kappa shape index (κ1) is 33.0. The van der Waals surface area contributed by atoms with Crippen LogP contribution >= 0.6 is 0 Å². The Hall–Kier alpha value is -7.43. The van der Waals surface area contributed by atoms with Crippen molar-refractivity contribution in [3.05, 3.63) is 223 Å². The van der Waals surface area contributed by atoms with Gasteiger partial charge in [-0.3, -0.25) is 4.99 Å². The zero-order chi connectivity index (χ0) is 37.9. The minimum atomic E-state index is -0.206. The Balaban J connectivity index is 1.03. The van der Waals surface area contributed by atoms with Gasteiger partial charge in [0.1, 0.15) is 6.17 Å². The van der Waals surface area contributed by atoms with E-state index in [1.165, 1.54) is 66.0 Å². The molecular formula is C53H38N4. The van der Waals surface area contributed by atoms with Crippen molar-refractivity contribution in [2.75, 3.05) is 7.05 Å². The van der Waals surface area contributed by atoms with Gasteiger partial charge in [-0.2, -0.15) is 0 Å². The molecule has 1 aliphatic heterocycles. The van der Waals surface area contributed by atoms with Crippen LogP contribution in [0.2, 0.25) is 0 Å². The van der Waals surface area contributed by atoms with E-state index in [0.29, 0.717) is 0 Å². The molecule has 0 saturated heterocycles. The number of allylic oxidation sites excluding steroid dienone is 1. The third-order valence-electron chi connectivity index (χ3n) is 11.5. The molecule has 0 amide bonds. The normalized spacial score (nSPS) is 14.4. The molecule has 57 heavy (non-hydrogen) atoms. The highest BCUT2D eigenvalue weighted by Gasteiger charge is 2.26. The number of para-hydroxylation sites is 3. The van der Waals surface area contributed by atoms with Gasteiger partial charge in [-0.15, -0.1) is 0 Å². The van der Waals surface area contributed by atoms with Gasteiger partial charge < -0.3 is 14.0 Å². The Morgan fingerprint density at radius 1 is 0.386 bits per heavy atom. The summed E-state index contributed by atoms with van der Waals surface area (Å²) in [5, 5.41) is 4.97. The Morgan fingerprint density at radius 3 is 1.49 bits per heavy atom. The molecule has 1 aliphatic rings. The van der Waals surface area contributed by atoms with E-state index in [4.69, 9.17) is 4.99 Å². The summed E-state index contributed by atoms with van der Waals surface area (Å²) in [5.41, 5.74) is 15.0. The summed E-state index contributed by atoms with van der Waals surface area (Å²) in [7, 11) is 2.15. The van der Waals surface area contributed by atoms with Gasteiger partial charge in [0, 0.05) is 45.7 Å². The number of aliphatic imine (C=N–C) groups is 1. The SMILES string of the molecule is CN1C(c2ccccc2)=CC(c2ccccc2)=NC1c1cccc(-n2c3ccccc3c3cc(-c4ccc5c(c4)c4ccccc4n5-c4ccccc4)ccc32)c1. The van der Waals surface area contributed by atoms with Crippen LogP contribution in [0.15, 0.2) is 211 Å². The molecule has 0 fully saturated rings. The largest absolute Gasteiger partial charge is 0.349 e. The molecule has 270 valence electrons. The lowest BCUT2D eigenvalue weighted by Gasteiger charge is -2.34. The number of hydrogen-bond acceptors (Lipinski definition) is 2. The van der Waals surface area contributed by atoms with E-state index in [1.807, 2.05) is 0 Å². The van der Waals surface area contributed by atoms with Crippen molar-refractivity contribution in [1.82, 2.24) is 14.0 Å². The average Bonchev–Trinajstić information content (AvgIpc) is 3.79. The van der Waals surface area contributed by atoms with Gasteiger partial charge in [-0.25, -0.2) is 0 Å². The average molecular weight is 731 g/mol. The molecule has 4 heteroatoms. The third-order valence-corrected chi connectivity index (χ3v) is 11.5. The molecule has 1 atom stereocenters. The Morgan fingerprint density at radius 2 is 0.877 bits per heavy atom. The van der Waals surface area contributed by atoms with Gasteiger partial charge in [-0.05, 0) is 94.6 Å². The van der Waals surface area contributed by atoms with Crippen LogP contribution in [0, 0.1) is 0 Å². The van der Waals surface area contributed by atoms with E-state index < -0.39 is 0 Å². The van der Waals surface area contributed by atoms with E-state index in [0.717, 1.165) is 28.2 Å². The molecule has 8 aromatic carbocycles. The monoisotopic (exact) mass is 730 g/mol. The molecule has 0 saturated carbocycles. The zero-order valence-electron chi connectivity index (χ0n) is 31.5. The molecule has 11 rings (SSSR count). The van der Waals surface area contributed by atoms with Crippen molar-refractivity contribution in [1.29, 1.82) is 0 Å². The van der Waals surface area contributed by atoms with Gasteiger partial charge in [0.15, 0.2) is 0 Å². The van der Waals surface area contributed by atoms with Crippen LogP contribution in [0.4, 0.5) is 0 Å². The first-order valence-corrected chi connectivity index (χ1v) is 19.6. The molecule has 0 spiro atoms. The minimum absolute atomic E-state index is 0.206. The zero-order valence-corrected chi connectivity index (χ0v) is 31.5. The lowest BCUT2D eigenvalue weighted by atomic mass is 10.0. The van der Waals surface area contributed by atoms with Crippen molar-refractivity contribution in [3.63, 3.8) is 0 Å². The van der Waals surface area contributed by atoms with E-state index in [2.05, 4.69) is 227 Å². The predicted molar refractivity (Wildman–Crippen MR) is 238 cm³/mol. The topological polar surface area (TPSA) is 25.5 Å². The lowest BCUT2D eigenvalue weighted by molar-refractivity contribution is 0.364. The summed E-state index contributed by atoms with van der Waals surface area (Å²) in [6.45, 7) is 0. The van der Waals surface area contributed by atoms with Gasteiger partial charge in [0.05, 0.1) is 27.8 Å². The molecule has 2 aromatic heterocycles. The van der Waals surface area contributed by atoms with Crippen LogP contribution in [-0.4, -0.2) is 26.8 Å². The maximum absolute atomic E-state index is 5.39. The highest BCUT2D eigenvalue weighted by Crippen LogP contribution is 2.40. The molecular weight excluding hydrogens is 693 g/mol. The molecule has 4 nitrogen and oxygen atoms in total. The minimum Gasteiger partial charge on any atom is -0.349 e. The van der Waals surface area contributed by atoms with Gasteiger partial charge in [0.25, 0.3) is 0 Å². The number of hydrogen-bond donors (Lipinski definition) is 0. The standard InChI is InChI=1S/C53H38N4/c1-55-52(37-18-7-3-8-19-37)35-47(36-16-5-2-6-17-36)54-53(55)40-20-15-23-42(32-40)57-49-27-14-12-25-44(49)46-34-39(29-31-51(46)57)38-28-30-50-45(33-38)43-24-11-13-26-48(43)56(50)41-21-9-4-10-22-41/h2-35,53H,1H3. The van der Waals surface area contributed by atoms with Crippen molar-refractivity contribution < 1.29 is 0 Å². The van der Waals surface area contributed by atoms with E-state index in [9.17, 15) is 0 Å². The fourth-order valence-electron chi connectivity index (χ4n) is 8.84. The highest BCUT2D eigenvalue weighted by molar-refractivity contribution is 6.14. The van der Waals surface area contributed by atoms with Crippen LogP contribution in [-0.2, 0) is 0 Å². The van der Waals surface area contributed by atoms with Crippen LogP contribution < -0.4 is 0 Å². The van der Waals surface area contributed by atoms with Crippen LogP contribution in [0.1, 0.15) is 22.9 Å². The smallest absolute Gasteiger partial charge is 0.147 e. The van der Waals surface area contributed by atoms with Gasteiger partial charge in [0.2, 0.25) is 0 Å². The summed E-state index contributed by atoms with van der Waals surface area (Å²) in [4.78, 5) is 7.68. The lowest BCUT2D eigenvalue weighted by Crippen LogP contribution is -2.27. The second-order valence-electron chi connectivity index (χ2n) is 14.9. The van der Waals surface area contributed by atoms with E-state index in [1.54, 1.807) is 0 Å². The number of fused-ring (bicyclic) bond motifs is 6. The molecule has 0 radical (unpaired) electrons. The Bertz CT molecular complexity index is 3190. The molecule has 3 heterocycles. The summed E-state index contributed by atoms with van der Waals surface area (Å²) in [6, 6.07) is 72.1. The number of aromatic nitrogens is 2. The van der Waals surface area contributed by atoms with E-state index >= 15 is 0 Å². The first-order valence-electron chi connectivity index (χ1n) is 19.6. The van der Waals surface area contributed by atoms with Crippen molar-refractivity contribution in [2.24, 2.45) is 4.99 Å². The highest BCUT2D eigenvalue weighted by atomic mass is 15.2. The van der Waals surface area contributed by atoms with Crippen molar-refractivity contribution in [3.8, 4) is 22.5 Å². The maximum Gasteiger partial charge on any atom is 0.147 e. The molecule has 1 unspecified atom stereocenters. The van der Waals surface area contributed by atoms with Gasteiger partial charge >= 0.3 is 0 Å². The van der Waals surface area contributed by atoms with Crippen molar-refractivity contribution in [2.45, 2.75) is 6.17 Å². The van der Waals surface area contributed by atoms with Crippen LogP contribution in [0.25, 0.3) is 71.8 Å². The second kappa shape index (κ2) is 13.4. The van der Waals surface area contributed by atoms with E-state index in [-0.39, 0.29) is 6.17 Å². The molecule has 10 aromatic rings. The maximum atomic E-state index is 5.39. The summed E-state index contributed by atoms with van der Waals surface area (Å²) < 4.78 is 4.78. The molecule has 0 bridgehead atoms. The fraction of sp³-hybridized carbons (Fsp3) is 0.0377. The van der Waals surface area contributed by atoms with Crippen LogP contribution in [0.5, 0.6) is 0 Å². The second-order valence-corrected chi connectivity index (χ2v) is 14.9. The fourth-order valence-corrected chi connectivity index (χ4v) is 8.84. The Kier molecular flexibility index (Phi) is 7.75. The van der Waals surface area contributed by atoms with Crippen LogP contribution in [0.3, 0.4) is 0 Å². The quantitative estimate of drug-likeness (QED) is 0.167. The third kappa shape index (κ3) is 5.49. The summed E-state index contributed by atoms with van der Waals surface area (Å²) >= 11 is 0.